The van der Waals surface area contributed by atoms with Gasteiger partial charge in [0, 0.05) is 24.6 Å². The molecule has 22 heavy (non-hydrogen) atoms. The smallest absolute Gasteiger partial charge is 0.0813 e. The Kier molecular flexibility index (Phi) is 3.11. The van der Waals surface area contributed by atoms with Crippen molar-refractivity contribution >= 4 is 5.69 Å². The number of aryl methyl sites for hydroxylation is 2. The third-order valence-electron chi connectivity index (χ3n) is 5.90. The maximum absolute atomic E-state index is 2.74. The number of rotatable bonds is 1. The second-order valence-corrected chi connectivity index (χ2v) is 7.16. The molecule has 0 N–H and O–H groups in total. The molecule has 1 aromatic heterocycles. The Hall–Kier alpha value is -1.70. The van der Waals surface area contributed by atoms with Crippen LogP contribution in [0.1, 0.15) is 61.9 Å². The topological polar surface area (TPSA) is 8.17 Å². The van der Waals surface area contributed by atoms with Gasteiger partial charge in [0.05, 0.1) is 11.6 Å². The van der Waals surface area contributed by atoms with Crippen LogP contribution in [-0.4, -0.2) is 4.57 Å². The molecule has 0 bridgehead atoms. The fourth-order valence-electron chi connectivity index (χ4n) is 4.99. The summed E-state index contributed by atoms with van der Waals surface area (Å²) in [6.07, 6.45) is 8.91. The van der Waals surface area contributed by atoms with Crippen molar-refractivity contribution in [1.82, 2.24) is 4.57 Å². The number of anilines is 1. The molecule has 0 radical (unpaired) electrons. The van der Waals surface area contributed by atoms with Crippen molar-refractivity contribution in [1.29, 1.82) is 0 Å². The van der Waals surface area contributed by atoms with Crippen LogP contribution in [0.4, 0.5) is 5.69 Å². The Morgan fingerprint density at radius 1 is 1.05 bits per heavy atom. The second kappa shape index (κ2) is 4.91. The van der Waals surface area contributed by atoms with Crippen molar-refractivity contribution in [2.45, 2.75) is 57.5 Å². The third kappa shape index (κ3) is 1.73. The number of nitrogens with zero attached hydrogens (tertiary/aromatic N) is 2. The van der Waals surface area contributed by atoms with Crippen LogP contribution in [-0.2, 0) is 12.6 Å². The van der Waals surface area contributed by atoms with E-state index in [9.17, 15) is 0 Å². The Bertz CT molecular complexity index is 691. The second-order valence-electron chi connectivity index (χ2n) is 7.16. The van der Waals surface area contributed by atoms with Crippen molar-refractivity contribution in [3.05, 3.63) is 53.3 Å². The van der Waals surface area contributed by atoms with Gasteiger partial charge in [0.25, 0.3) is 0 Å². The first-order valence-electron chi connectivity index (χ1n) is 8.66. The summed E-state index contributed by atoms with van der Waals surface area (Å²) < 4.78 is 2.38. The molecule has 4 rings (SSSR count). The van der Waals surface area contributed by atoms with Gasteiger partial charge >= 0.3 is 0 Å². The lowest BCUT2D eigenvalue weighted by molar-refractivity contribution is 0.272. The molecule has 2 heterocycles. The van der Waals surface area contributed by atoms with Crippen LogP contribution in [0.3, 0.4) is 0 Å². The highest BCUT2D eigenvalue weighted by molar-refractivity contribution is 5.62. The van der Waals surface area contributed by atoms with Crippen molar-refractivity contribution in [3.63, 3.8) is 0 Å². The zero-order valence-corrected chi connectivity index (χ0v) is 14.0. The Morgan fingerprint density at radius 2 is 1.77 bits per heavy atom. The monoisotopic (exact) mass is 294 g/mol. The van der Waals surface area contributed by atoms with E-state index in [1.807, 2.05) is 0 Å². The van der Waals surface area contributed by atoms with Gasteiger partial charge in [-0.05, 0) is 49.9 Å². The van der Waals surface area contributed by atoms with E-state index in [1.54, 1.807) is 5.69 Å². The summed E-state index contributed by atoms with van der Waals surface area (Å²) in [6.45, 7) is 4.64. The molecular weight excluding hydrogens is 268 g/mol. The number of benzene rings is 1. The summed E-state index contributed by atoms with van der Waals surface area (Å²) in [6, 6.07) is 11.7. The summed E-state index contributed by atoms with van der Waals surface area (Å²) in [4.78, 5) is 2.74. The minimum absolute atomic E-state index is 0.206. The first-order chi connectivity index (χ1) is 10.6. The van der Waals surface area contributed by atoms with Gasteiger partial charge in [0.1, 0.15) is 0 Å². The molecular formula is C20H26N2. The standard InChI is InChI=1S/C20H26N2/c1-15-9-5-6-10-18(15)22-16(2)17-11-14-21(3)19(17)20(22)12-7-4-8-13-20/h5-6,9-11,14,16H,4,7-8,12-13H2,1-3H3/t16-/m0/s1. The highest BCUT2D eigenvalue weighted by Crippen LogP contribution is 2.55. The highest BCUT2D eigenvalue weighted by atomic mass is 15.3. The van der Waals surface area contributed by atoms with Crippen molar-refractivity contribution < 1.29 is 0 Å². The van der Waals surface area contributed by atoms with Crippen LogP contribution in [0.2, 0.25) is 0 Å². The minimum Gasteiger partial charge on any atom is -0.353 e. The zero-order chi connectivity index (χ0) is 15.3. The van der Waals surface area contributed by atoms with E-state index < -0.39 is 0 Å². The molecule has 2 aromatic rings. The van der Waals surface area contributed by atoms with Crippen LogP contribution >= 0.6 is 0 Å². The lowest BCUT2D eigenvalue weighted by atomic mass is 9.78. The summed E-state index contributed by atoms with van der Waals surface area (Å²) in [5.74, 6) is 0. The SMILES string of the molecule is Cc1ccccc1N1[C@@H](C)c2ccn(C)c2C12CCCCC2. The van der Waals surface area contributed by atoms with Crippen molar-refractivity contribution in [2.75, 3.05) is 4.90 Å². The lowest BCUT2D eigenvalue weighted by Crippen LogP contribution is -2.45. The predicted octanol–water partition coefficient (Wildman–Crippen LogP) is 5.07. The van der Waals surface area contributed by atoms with E-state index >= 15 is 0 Å². The quantitative estimate of drug-likeness (QED) is 0.712. The maximum Gasteiger partial charge on any atom is 0.0813 e. The van der Waals surface area contributed by atoms with Crippen LogP contribution in [0.5, 0.6) is 0 Å². The van der Waals surface area contributed by atoms with Crippen molar-refractivity contribution in [3.8, 4) is 0 Å². The molecule has 2 nitrogen and oxygen atoms in total. The number of aromatic nitrogens is 1. The lowest BCUT2D eigenvalue weighted by Gasteiger charge is -2.46. The van der Waals surface area contributed by atoms with E-state index in [2.05, 4.69) is 66.9 Å². The highest BCUT2D eigenvalue weighted by Gasteiger charge is 2.51. The van der Waals surface area contributed by atoms with E-state index in [-0.39, 0.29) is 5.54 Å². The van der Waals surface area contributed by atoms with Gasteiger partial charge in [0.2, 0.25) is 0 Å². The maximum atomic E-state index is 2.74. The normalized spacial score (nSPS) is 23.0. The predicted molar refractivity (Wildman–Crippen MR) is 92.2 cm³/mol. The van der Waals surface area contributed by atoms with Gasteiger partial charge in [-0.2, -0.15) is 0 Å². The molecule has 1 atom stereocenters. The van der Waals surface area contributed by atoms with Crippen LogP contribution < -0.4 is 4.90 Å². The summed E-state index contributed by atoms with van der Waals surface area (Å²) in [5.41, 5.74) is 6.13. The number of fused-ring (bicyclic) bond motifs is 2. The van der Waals surface area contributed by atoms with Crippen LogP contribution in [0, 0.1) is 6.92 Å². The molecule has 1 aliphatic carbocycles. The zero-order valence-electron chi connectivity index (χ0n) is 14.0. The van der Waals surface area contributed by atoms with E-state index in [1.165, 1.54) is 48.9 Å². The van der Waals surface area contributed by atoms with E-state index in [0.717, 1.165) is 0 Å². The van der Waals surface area contributed by atoms with Gasteiger partial charge in [0.15, 0.2) is 0 Å². The third-order valence-corrected chi connectivity index (χ3v) is 5.90. The fourth-order valence-corrected chi connectivity index (χ4v) is 4.99. The van der Waals surface area contributed by atoms with Gasteiger partial charge in [-0.1, -0.05) is 37.5 Å². The van der Waals surface area contributed by atoms with E-state index in [0.29, 0.717) is 6.04 Å². The molecule has 1 spiro atoms. The first-order valence-corrected chi connectivity index (χ1v) is 8.66. The molecule has 116 valence electrons. The van der Waals surface area contributed by atoms with Gasteiger partial charge in [-0.15, -0.1) is 0 Å². The minimum atomic E-state index is 0.206. The molecule has 0 unspecified atom stereocenters. The Labute approximate surface area is 133 Å². The summed E-state index contributed by atoms with van der Waals surface area (Å²) in [7, 11) is 2.23. The largest absolute Gasteiger partial charge is 0.353 e. The Balaban J connectivity index is 1.92. The Morgan fingerprint density at radius 3 is 2.50 bits per heavy atom. The molecule has 1 saturated carbocycles. The van der Waals surface area contributed by atoms with Crippen molar-refractivity contribution in [2.24, 2.45) is 7.05 Å². The molecule has 2 heteroatoms. The van der Waals surface area contributed by atoms with Crippen LogP contribution in [0.15, 0.2) is 36.5 Å². The average molecular weight is 294 g/mol. The van der Waals surface area contributed by atoms with Crippen LogP contribution in [0.25, 0.3) is 0 Å². The molecule has 1 aliphatic heterocycles. The summed E-state index contributed by atoms with van der Waals surface area (Å²) in [5, 5.41) is 0. The number of para-hydroxylation sites is 1. The summed E-state index contributed by atoms with van der Waals surface area (Å²) >= 11 is 0. The van der Waals surface area contributed by atoms with E-state index in [4.69, 9.17) is 0 Å². The molecule has 1 fully saturated rings. The van der Waals surface area contributed by atoms with Gasteiger partial charge < -0.3 is 9.47 Å². The fraction of sp³-hybridized carbons (Fsp3) is 0.500. The average Bonchev–Trinajstić information content (AvgIpc) is 3.01. The van der Waals surface area contributed by atoms with Gasteiger partial charge in [-0.3, -0.25) is 0 Å². The number of hydrogen-bond acceptors (Lipinski definition) is 1. The molecule has 0 saturated heterocycles. The first kappa shape index (κ1) is 13.9. The number of hydrogen-bond donors (Lipinski definition) is 0. The van der Waals surface area contributed by atoms with Gasteiger partial charge in [-0.25, -0.2) is 0 Å². The molecule has 0 amide bonds. The molecule has 2 aliphatic rings. The molecule has 1 aromatic carbocycles.